The van der Waals surface area contributed by atoms with Crippen molar-refractivity contribution >= 4 is 43.7 Å². The smallest absolute Gasteiger partial charge is 0.371 e. The van der Waals surface area contributed by atoms with Crippen LogP contribution in [-0.2, 0) is 10.0 Å². The summed E-state index contributed by atoms with van der Waals surface area (Å²) in [4.78, 5) is 10.6. The summed E-state index contributed by atoms with van der Waals surface area (Å²) in [5.41, 5.74) is 0. The second-order valence-electron chi connectivity index (χ2n) is 3.57. The maximum atomic E-state index is 12.3. The first-order valence-electron chi connectivity index (χ1n) is 5.03. The minimum atomic E-state index is -3.69. The average molecular weight is 356 g/mol. The summed E-state index contributed by atoms with van der Waals surface area (Å²) in [7, 11) is -3.69. The zero-order valence-corrected chi connectivity index (χ0v) is 12.3. The second kappa shape index (κ2) is 5.24. The topological polar surface area (TPSA) is 87.8 Å². The number of carboxylic acids is 1. The second-order valence-corrected chi connectivity index (χ2v) is 7.42. The summed E-state index contributed by atoms with van der Waals surface area (Å²) in [5.74, 6) is -0.223. The van der Waals surface area contributed by atoms with Crippen LogP contribution in [0.5, 0.6) is 0 Å². The van der Waals surface area contributed by atoms with Crippen LogP contribution in [0.15, 0.2) is 20.0 Å². The Hall–Kier alpha value is -0.510. The molecule has 1 aliphatic rings. The van der Waals surface area contributed by atoms with Crippen molar-refractivity contribution < 1.29 is 22.7 Å². The van der Waals surface area contributed by atoms with Crippen LogP contribution in [0.2, 0.25) is 0 Å². The molecule has 1 aromatic rings. The predicted molar refractivity (Wildman–Crippen MR) is 69.5 cm³/mol. The maximum absolute atomic E-state index is 12.3. The SMILES string of the molecule is O=C(O)c1cc(S(=O)(=O)N2CCSCC2)c(Br)o1. The largest absolute Gasteiger partial charge is 0.475 e. The van der Waals surface area contributed by atoms with Gasteiger partial charge in [0.15, 0.2) is 4.67 Å². The van der Waals surface area contributed by atoms with Crippen molar-refractivity contribution in [2.24, 2.45) is 0 Å². The minimum absolute atomic E-state index is 0.0712. The van der Waals surface area contributed by atoms with Gasteiger partial charge in [-0.15, -0.1) is 0 Å². The van der Waals surface area contributed by atoms with E-state index in [1.165, 1.54) is 4.31 Å². The Morgan fingerprint density at radius 3 is 2.56 bits per heavy atom. The zero-order valence-electron chi connectivity index (χ0n) is 9.13. The lowest BCUT2D eigenvalue weighted by atomic mass is 10.5. The molecule has 2 heterocycles. The number of nitrogens with zero attached hydrogens (tertiary/aromatic N) is 1. The molecule has 0 unspecified atom stereocenters. The van der Waals surface area contributed by atoms with Crippen LogP contribution in [0.25, 0.3) is 0 Å². The molecule has 1 aliphatic heterocycles. The fraction of sp³-hybridized carbons (Fsp3) is 0.444. The maximum Gasteiger partial charge on any atom is 0.371 e. The van der Waals surface area contributed by atoms with Crippen LogP contribution in [0.3, 0.4) is 0 Å². The minimum Gasteiger partial charge on any atom is -0.475 e. The molecule has 0 radical (unpaired) electrons. The Labute approximate surface area is 117 Å². The quantitative estimate of drug-likeness (QED) is 0.883. The van der Waals surface area contributed by atoms with Gasteiger partial charge in [0.1, 0.15) is 4.90 Å². The van der Waals surface area contributed by atoms with E-state index in [0.29, 0.717) is 13.1 Å². The fourth-order valence-corrected chi connectivity index (χ4v) is 5.04. The van der Waals surface area contributed by atoms with Gasteiger partial charge in [0.05, 0.1) is 0 Å². The number of sulfonamides is 1. The molecule has 0 spiro atoms. The van der Waals surface area contributed by atoms with Crippen molar-refractivity contribution in [2.45, 2.75) is 4.90 Å². The molecule has 100 valence electrons. The lowest BCUT2D eigenvalue weighted by Crippen LogP contribution is -2.37. The molecule has 0 saturated carbocycles. The normalized spacial score (nSPS) is 17.8. The molecule has 1 saturated heterocycles. The molecule has 18 heavy (non-hydrogen) atoms. The van der Waals surface area contributed by atoms with Gasteiger partial charge in [0.2, 0.25) is 15.8 Å². The summed E-state index contributed by atoms with van der Waals surface area (Å²) in [5, 5.41) is 8.77. The first kappa shape index (κ1) is 13.9. The number of aromatic carboxylic acids is 1. The van der Waals surface area contributed by atoms with Gasteiger partial charge in [0.25, 0.3) is 0 Å². The lowest BCUT2D eigenvalue weighted by Gasteiger charge is -2.24. The number of thioether (sulfide) groups is 1. The number of furan rings is 1. The third kappa shape index (κ3) is 2.58. The van der Waals surface area contributed by atoms with Crippen LogP contribution in [0.4, 0.5) is 0 Å². The Bertz CT molecular complexity index is 562. The molecule has 1 fully saturated rings. The fourth-order valence-electron chi connectivity index (χ4n) is 1.56. The third-order valence-corrected chi connectivity index (χ3v) is 6.15. The monoisotopic (exact) mass is 355 g/mol. The van der Waals surface area contributed by atoms with E-state index in [4.69, 9.17) is 9.52 Å². The van der Waals surface area contributed by atoms with E-state index >= 15 is 0 Å². The van der Waals surface area contributed by atoms with Gasteiger partial charge in [-0.25, -0.2) is 13.2 Å². The summed E-state index contributed by atoms with van der Waals surface area (Å²) in [6.45, 7) is 0.847. The van der Waals surface area contributed by atoms with Crippen LogP contribution in [0.1, 0.15) is 10.6 Å². The molecule has 0 atom stereocenters. The highest BCUT2D eigenvalue weighted by Gasteiger charge is 2.31. The van der Waals surface area contributed by atoms with E-state index < -0.39 is 21.8 Å². The highest BCUT2D eigenvalue weighted by Crippen LogP contribution is 2.29. The van der Waals surface area contributed by atoms with Gasteiger partial charge < -0.3 is 9.52 Å². The number of hydrogen-bond acceptors (Lipinski definition) is 5. The molecule has 1 N–H and O–H groups in total. The van der Waals surface area contributed by atoms with Crippen molar-refractivity contribution in [2.75, 3.05) is 24.6 Å². The van der Waals surface area contributed by atoms with Gasteiger partial charge in [-0.05, 0) is 15.9 Å². The standard InChI is InChI=1S/C9H10BrNO5S2/c10-8-7(5-6(16-8)9(12)13)18(14,15)11-1-3-17-4-2-11/h5H,1-4H2,(H,12,13). The van der Waals surface area contributed by atoms with Crippen LogP contribution in [-0.4, -0.2) is 48.4 Å². The van der Waals surface area contributed by atoms with E-state index in [0.717, 1.165) is 17.6 Å². The van der Waals surface area contributed by atoms with E-state index in [9.17, 15) is 13.2 Å². The number of rotatable bonds is 3. The number of hydrogen-bond donors (Lipinski definition) is 1. The van der Waals surface area contributed by atoms with Gasteiger partial charge in [0, 0.05) is 30.7 Å². The molecule has 1 aromatic heterocycles. The van der Waals surface area contributed by atoms with Crippen LogP contribution < -0.4 is 0 Å². The molecular formula is C9H10BrNO5S2. The van der Waals surface area contributed by atoms with Gasteiger partial charge in [-0.2, -0.15) is 16.1 Å². The van der Waals surface area contributed by atoms with E-state index in [1.807, 2.05) is 0 Å². The molecule has 6 nitrogen and oxygen atoms in total. The Morgan fingerprint density at radius 1 is 1.44 bits per heavy atom. The molecule has 2 rings (SSSR count). The van der Waals surface area contributed by atoms with Crippen molar-refractivity contribution in [3.63, 3.8) is 0 Å². The van der Waals surface area contributed by atoms with Crippen molar-refractivity contribution in [3.05, 3.63) is 16.5 Å². The molecule has 0 aromatic carbocycles. The highest BCUT2D eigenvalue weighted by atomic mass is 79.9. The Balaban J connectivity index is 2.37. The van der Waals surface area contributed by atoms with E-state index in [1.54, 1.807) is 11.8 Å². The summed E-state index contributed by atoms with van der Waals surface area (Å²) in [6.07, 6.45) is 0. The summed E-state index contributed by atoms with van der Waals surface area (Å²) in [6, 6.07) is 1.03. The lowest BCUT2D eigenvalue weighted by molar-refractivity contribution is 0.0661. The summed E-state index contributed by atoms with van der Waals surface area (Å²) >= 11 is 4.64. The molecular weight excluding hydrogens is 346 g/mol. The zero-order chi connectivity index (χ0) is 13.3. The first-order valence-corrected chi connectivity index (χ1v) is 8.42. The number of carboxylic acid groups (broad SMARTS) is 1. The number of halogens is 1. The van der Waals surface area contributed by atoms with E-state index in [2.05, 4.69) is 15.9 Å². The van der Waals surface area contributed by atoms with E-state index in [-0.39, 0.29) is 9.56 Å². The van der Waals surface area contributed by atoms with Gasteiger partial charge in [-0.3, -0.25) is 0 Å². The predicted octanol–water partition coefficient (Wildman–Crippen LogP) is 1.48. The van der Waals surface area contributed by atoms with Crippen LogP contribution >= 0.6 is 27.7 Å². The van der Waals surface area contributed by atoms with Crippen molar-refractivity contribution in [3.8, 4) is 0 Å². The van der Waals surface area contributed by atoms with Gasteiger partial charge >= 0.3 is 5.97 Å². The van der Waals surface area contributed by atoms with Gasteiger partial charge in [-0.1, -0.05) is 0 Å². The molecule has 9 heteroatoms. The Morgan fingerprint density at radius 2 is 2.06 bits per heavy atom. The molecule has 0 bridgehead atoms. The molecule has 0 amide bonds. The van der Waals surface area contributed by atoms with Crippen molar-refractivity contribution in [1.29, 1.82) is 0 Å². The van der Waals surface area contributed by atoms with Crippen LogP contribution in [0, 0.1) is 0 Å². The Kier molecular flexibility index (Phi) is 4.05. The molecule has 0 aliphatic carbocycles. The third-order valence-electron chi connectivity index (χ3n) is 2.45. The summed E-state index contributed by atoms with van der Waals surface area (Å²) < 4.78 is 30.7. The van der Waals surface area contributed by atoms with Crippen molar-refractivity contribution in [1.82, 2.24) is 4.31 Å². The number of carbonyl (C=O) groups is 1. The first-order chi connectivity index (χ1) is 8.43. The average Bonchev–Trinajstić information content (AvgIpc) is 2.73. The highest BCUT2D eigenvalue weighted by molar-refractivity contribution is 9.10.